The Morgan fingerprint density at radius 2 is 2.00 bits per heavy atom. The molecule has 2 heterocycles. The average molecular weight is 323 g/mol. The van der Waals surface area contributed by atoms with Gasteiger partial charge in [0, 0.05) is 43.0 Å². The van der Waals surface area contributed by atoms with Gasteiger partial charge in [-0.3, -0.25) is 9.78 Å². The van der Waals surface area contributed by atoms with Crippen LogP contribution >= 0.6 is 0 Å². The number of carbonyl (C=O) groups excluding carboxylic acids is 1. The Bertz CT molecular complexity index is 724. The summed E-state index contributed by atoms with van der Waals surface area (Å²) in [6.07, 6.45) is 3.89. The summed E-state index contributed by atoms with van der Waals surface area (Å²) in [6.45, 7) is 6.10. The molecule has 1 aromatic carbocycles. The molecule has 4 nitrogen and oxygen atoms in total. The van der Waals surface area contributed by atoms with E-state index in [0.29, 0.717) is 12.5 Å². The predicted molar refractivity (Wildman–Crippen MR) is 95.9 cm³/mol. The lowest BCUT2D eigenvalue weighted by atomic mass is 9.89. The third-order valence-electron chi connectivity index (χ3n) is 5.08. The molecule has 2 aromatic rings. The van der Waals surface area contributed by atoms with Crippen LogP contribution in [0.4, 0.5) is 0 Å². The first-order valence-corrected chi connectivity index (χ1v) is 8.60. The molecule has 1 aliphatic rings. The summed E-state index contributed by atoms with van der Waals surface area (Å²) in [7, 11) is 0. The summed E-state index contributed by atoms with van der Waals surface area (Å²) in [5.41, 5.74) is 10.8. The Morgan fingerprint density at radius 3 is 2.71 bits per heavy atom. The molecule has 0 bridgehead atoms. The number of nitrogens with two attached hydrogens (primary N) is 1. The van der Waals surface area contributed by atoms with E-state index in [1.54, 1.807) is 6.20 Å². The fourth-order valence-corrected chi connectivity index (χ4v) is 3.40. The van der Waals surface area contributed by atoms with Gasteiger partial charge in [0.05, 0.1) is 0 Å². The van der Waals surface area contributed by atoms with Crippen LogP contribution in [-0.4, -0.2) is 28.9 Å². The number of rotatable bonds is 3. The first kappa shape index (κ1) is 16.7. The summed E-state index contributed by atoms with van der Waals surface area (Å²) in [6, 6.07) is 10.3. The van der Waals surface area contributed by atoms with E-state index in [9.17, 15) is 4.79 Å². The van der Waals surface area contributed by atoms with Crippen molar-refractivity contribution in [3.05, 3.63) is 64.5 Å². The number of nitrogens with zero attached hydrogens (tertiary/aromatic N) is 2. The van der Waals surface area contributed by atoms with E-state index in [4.69, 9.17) is 5.73 Å². The lowest BCUT2D eigenvalue weighted by molar-refractivity contribution is 0.0706. The van der Waals surface area contributed by atoms with Crippen LogP contribution < -0.4 is 5.73 Å². The van der Waals surface area contributed by atoms with Crippen LogP contribution in [0.15, 0.2) is 36.5 Å². The van der Waals surface area contributed by atoms with Crippen molar-refractivity contribution < 1.29 is 4.79 Å². The van der Waals surface area contributed by atoms with E-state index >= 15 is 0 Å². The molecule has 1 aliphatic heterocycles. The smallest absolute Gasteiger partial charge is 0.254 e. The predicted octanol–water partition coefficient (Wildman–Crippen LogP) is 3.18. The minimum Gasteiger partial charge on any atom is -0.338 e. The fourth-order valence-electron chi connectivity index (χ4n) is 3.40. The van der Waals surface area contributed by atoms with Gasteiger partial charge in [0.25, 0.3) is 5.91 Å². The number of piperidine rings is 1. The van der Waals surface area contributed by atoms with Gasteiger partial charge in [-0.05, 0) is 49.4 Å². The molecule has 1 aromatic heterocycles. The lowest BCUT2D eigenvalue weighted by Gasteiger charge is -2.33. The quantitative estimate of drug-likeness (QED) is 0.944. The highest BCUT2D eigenvalue weighted by Gasteiger charge is 2.26. The minimum atomic E-state index is 0.126. The van der Waals surface area contributed by atoms with Crippen molar-refractivity contribution in [1.29, 1.82) is 0 Å². The molecular formula is C20H25N3O. The van der Waals surface area contributed by atoms with Crippen LogP contribution in [0.5, 0.6) is 0 Å². The Balaban J connectivity index is 1.77. The summed E-state index contributed by atoms with van der Waals surface area (Å²) >= 11 is 0. The molecule has 2 N–H and O–H groups in total. The zero-order valence-electron chi connectivity index (χ0n) is 14.5. The second kappa shape index (κ2) is 7.14. The van der Waals surface area contributed by atoms with Crippen LogP contribution in [0, 0.1) is 13.8 Å². The van der Waals surface area contributed by atoms with Crippen molar-refractivity contribution >= 4 is 5.91 Å². The third kappa shape index (κ3) is 3.34. The highest BCUT2D eigenvalue weighted by Crippen LogP contribution is 2.28. The highest BCUT2D eigenvalue weighted by molar-refractivity contribution is 5.95. The molecule has 0 radical (unpaired) electrons. The lowest BCUT2D eigenvalue weighted by Crippen LogP contribution is -2.39. The molecule has 1 fully saturated rings. The van der Waals surface area contributed by atoms with Crippen LogP contribution in [-0.2, 0) is 6.54 Å². The highest BCUT2D eigenvalue weighted by atomic mass is 16.2. The molecule has 0 aliphatic carbocycles. The molecule has 0 spiro atoms. The van der Waals surface area contributed by atoms with E-state index in [1.807, 2.05) is 24.8 Å². The van der Waals surface area contributed by atoms with Gasteiger partial charge in [0.15, 0.2) is 0 Å². The van der Waals surface area contributed by atoms with Crippen LogP contribution in [0.1, 0.15) is 51.5 Å². The number of amides is 1. The number of aromatic nitrogens is 1. The van der Waals surface area contributed by atoms with Crippen molar-refractivity contribution in [1.82, 2.24) is 9.88 Å². The van der Waals surface area contributed by atoms with Crippen molar-refractivity contribution in [2.75, 3.05) is 13.1 Å². The maximum Gasteiger partial charge on any atom is 0.254 e. The minimum absolute atomic E-state index is 0.126. The van der Waals surface area contributed by atoms with Gasteiger partial charge >= 0.3 is 0 Å². The number of aryl methyl sites for hydroxylation is 1. The zero-order chi connectivity index (χ0) is 17.1. The Hall–Kier alpha value is -2.20. The van der Waals surface area contributed by atoms with E-state index in [2.05, 4.69) is 29.2 Å². The van der Waals surface area contributed by atoms with Crippen molar-refractivity contribution in [2.45, 2.75) is 39.2 Å². The number of carbonyl (C=O) groups is 1. The van der Waals surface area contributed by atoms with E-state index in [0.717, 1.165) is 48.3 Å². The second-order valence-corrected chi connectivity index (χ2v) is 6.60. The third-order valence-corrected chi connectivity index (χ3v) is 5.08. The molecule has 0 saturated carbocycles. The van der Waals surface area contributed by atoms with Gasteiger partial charge < -0.3 is 10.6 Å². The fraction of sp³-hybridized carbons (Fsp3) is 0.400. The van der Waals surface area contributed by atoms with E-state index in [-0.39, 0.29) is 5.91 Å². The monoisotopic (exact) mass is 323 g/mol. The summed E-state index contributed by atoms with van der Waals surface area (Å²) in [4.78, 5) is 19.2. The Morgan fingerprint density at radius 1 is 1.25 bits per heavy atom. The maximum absolute atomic E-state index is 12.9. The largest absolute Gasteiger partial charge is 0.338 e. The molecule has 1 saturated heterocycles. The first-order chi connectivity index (χ1) is 11.6. The number of pyridine rings is 1. The summed E-state index contributed by atoms with van der Waals surface area (Å²) < 4.78 is 0. The summed E-state index contributed by atoms with van der Waals surface area (Å²) in [5, 5.41) is 0. The summed E-state index contributed by atoms with van der Waals surface area (Å²) in [5.74, 6) is 0.527. The number of hydrogen-bond acceptors (Lipinski definition) is 3. The Kier molecular flexibility index (Phi) is 4.95. The van der Waals surface area contributed by atoms with Crippen molar-refractivity contribution in [2.24, 2.45) is 5.73 Å². The molecule has 24 heavy (non-hydrogen) atoms. The molecule has 3 rings (SSSR count). The Labute approximate surface area is 143 Å². The van der Waals surface area contributed by atoms with Crippen molar-refractivity contribution in [3.8, 4) is 0 Å². The average Bonchev–Trinajstić information content (AvgIpc) is 2.63. The molecule has 126 valence electrons. The van der Waals surface area contributed by atoms with E-state index in [1.165, 1.54) is 5.56 Å². The van der Waals surface area contributed by atoms with Gasteiger partial charge in [0.2, 0.25) is 0 Å². The van der Waals surface area contributed by atoms with Gasteiger partial charge in [-0.15, -0.1) is 0 Å². The van der Waals surface area contributed by atoms with Gasteiger partial charge in [-0.2, -0.15) is 0 Å². The second-order valence-electron chi connectivity index (χ2n) is 6.60. The first-order valence-electron chi connectivity index (χ1n) is 8.60. The molecule has 1 atom stereocenters. The van der Waals surface area contributed by atoms with E-state index < -0.39 is 0 Å². The number of likely N-dealkylation sites (tertiary alicyclic amines) is 1. The van der Waals surface area contributed by atoms with Gasteiger partial charge in [-0.25, -0.2) is 0 Å². The van der Waals surface area contributed by atoms with Gasteiger partial charge in [-0.1, -0.05) is 24.3 Å². The topological polar surface area (TPSA) is 59.2 Å². The standard InChI is InChI=1S/C20H25N3O/c1-14-15(2)22-10-9-19(14)20(24)23-11-3-4-18(13-23)17-7-5-16(12-21)6-8-17/h5-10,18H,3-4,11-13,21H2,1-2H3. The normalized spacial score (nSPS) is 17.8. The number of hydrogen-bond donors (Lipinski definition) is 1. The number of benzene rings is 1. The van der Waals surface area contributed by atoms with Crippen LogP contribution in [0.25, 0.3) is 0 Å². The SMILES string of the molecule is Cc1nccc(C(=O)N2CCCC(c3ccc(CN)cc3)C2)c1C. The van der Waals surface area contributed by atoms with Crippen LogP contribution in [0.2, 0.25) is 0 Å². The zero-order valence-corrected chi connectivity index (χ0v) is 14.5. The van der Waals surface area contributed by atoms with Crippen molar-refractivity contribution in [3.63, 3.8) is 0 Å². The maximum atomic E-state index is 12.9. The molecule has 1 unspecified atom stereocenters. The van der Waals surface area contributed by atoms with Crippen LogP contribution in [0.3, 0.4) is 0 Å². The molecular weight excluding hydrogens is 298 g/mol. The molecule has 4 heteroatoms. The molecule has 1 amide bonds. The van der Waals surface area contributed by atoms with Gasteiger partial charge in [0.1, 0.15) is 0 Å².